The second kappa shape index (κ2) is 7.75. The average Bonchev–Trinajstić information content (AvgIpc) is 3.33. The normalized spacial score (nSPS) is 24.9. The molecule has 1 spiro atoms. The Bertz CT molecular complexity index is 893. The van der Waals surface area contributed by atoms with Gasteiger partial charge in [-0.05, 0) is 31.0 Å². The molecule has 8 nitrogen and oxygen atoms in total. The summed E-state index contributed by atoms with van der Waals surface area (Å²) in [5.41, 5.74) is 1.23. The summed E-state index contributed by atoms with van der Waals surface area (Å²) in [5, 5.41) is 6.19. The first-order valence-electron chi connectivity index (χ1n) is 9.34. The highest BCUT2D eigenvalue weighted by molar-refractivity contribution is 7.22. The lowest BCUT2D eigenvalue weighted by atomic mass is 9.97. The zero-order valence-corrected chi connectivity index (χ0v) is 16.8. The van der Waals surface area contributed by atoms with Gasteiger partial charge in [0.05, 0.1) is 22.9 Å². The molecule has 0 aliphatic carbocycles. The van der Waals surface area contributed by atoms with Gasteiger partial charge in [-0.15, -0.1) is 0 Å². The number of nitrogens with zero attached hydrogens (tertiary/aromatic N) is 2. The van der Waals surface area contributed by atoms with E-state index >= 15 is 0 Å². The number of hydrogen-bond donors (Lipinski definition) is 2. The maximum Gasteiger partial charge on any atom is 0.240 e. The van der Waals surface area contributed by atoms with Gasteiger partial charge in [-0.2, -0.15) is 0 Å². The van der Waals surface area contributed by atoms with E-state index in [0.717, 1.165) is 29.7 Å². The van der Waals surface area contributed by atoms with E-state index in [9.17, 15) is 9.59 Å². The number of methoxy groups -OCH3 is 1. The zero-order chi connectivity index (χ0) is 19.7. The number of thiazole rings is 1. The summed E-state index contributed by atoms with van der Waals surface area (Å²) in [6, 6.07) is 5.48. The highest BCUT2D eigenvalue weighted by Gasteiger charge is 2.50. The molecule has 1 aromatic carbocycles. The van der Waals surface area contributed by atoms with Crippen LogP contribution in [0.2, 0.25) is 0 Å². The van der Waals surface area contributed by atoms with Crippen LogP contribution in [0, 0.1) is 0 Å². The summed E-state index contributed by atoms with van der Waals surface area (Å²) >= 11 is 1.39. The first-order valence-corrected chi connectivity index (χ1v) is 10.2. The SMILES string of the molecule is CO[C@@H]1CN(CC(=O)Nc2nc3ccc(NC(C)=O)cc3s2)C[C@]12CCCO2. The van der Waals surface area contributed by atoms with E-state index in [1.807, 2.05) is 12.1 Å². The van der Waals surface area contributed by atoms with E-state index < -0.39 is 0 Å². The number of carbonyl (C=O) groups is 2. The predicted molar refractivity (Wildman–Crippen MR) is 108 cm³/mol. The van der Waals surface area contributed by atoms with Crippen molar-refractivity contribution < 1.29 is 19.1 Å². The van der Waals surface area contributed by atoms with Crippen LogP contribution in [0.3, 0.4) is 0 Å². The molecule has 2 fully saturated rings. The van der Waals surface area contributed by atoms with Crippen LogP contribution in [0.4, 0.5) is 10.8 Å². The number of aromatic nitrogens is 1. The van der Waals surface area contributed by atoms with Crippen LogP contribution < -0.4 is 10.6 Å². The molecule has 150 valence electrons. The maximum absolute atomic E-state index is 12.5. The molecule has 2 saturated heterocycles. The molecule has 2 aromatic rings. The van der Waals surface area contributed by atoms with Crippen molar-refractivity contribution in [3.05, 3.63) is 18.2 Å². The van der Waals surface area contributed by atoms with Gasteiger partial charge < -0.3 is 20.1 Å². The Kier molecular flexibility index (Phi) is 5.33. The molecule has 2 amide bonds. The Balaban J connectivity index is 1.39. The van der Waals surface area contributed by atoms with Gasteiger partial charge in [0.25, 0.3) is 0 Å². The third-order valence-electron chi connectivity index (χ3n) is 5.24. The molecular weight excluding hydrogens is 380 g/mol. The Morgan fingerprint density at radius 1 is 1.43 bits per heavy atom. The van der Waals surface area contributed by atoms with E-state index in [0.29, 0.717) is 23.9 Å². The topological polar surface area (TPSA) is 92.8 Å². The van der Waals surface area contributed by atoms with Crippen molar-refractivity contribution in [1.29, 1.82) is 0 Å². The highest BCUT2D eigenvalue weighted by Crippen LogP contribution is 2.36. The fourth-order valence-electron chi connectivity index (χ4n) is 4.07. The summed E-state index contributed by atoms with van der Waals surface area (Å²) in [6.07, 6.45) is 2.00. The number of anilines is 2. The molecule has 0 radical (unpaired) electrons. The van der Waals surface area contributed by atoms with Crippen molar-refractivity contribution >= 4 is 44.2 Å². The standard InChI is InChI=1S/C19H24N4O4S/c1-12(24)20-13-4-5-14-15(8-13)28-18(21-14)22-17(25)10-23-9-16(26-2)19(11-23)6-3-7-27-19/h4-5,8,16H,3,6-7,9-11H2,1-2H3,(H,20,24)(H,21,22,25)/t16-,19-/m1/s1. The van der Waals surface area contributed by atoms with Crippen LogP contribution in [-0.2, 0) is 19.1 Å². The van der Waals surface area contributed by atoms with E-state index in [-0.39, 0.29) is 30.1 Å². The van der Waals surface area contributed by atoms with Crippen LogP contribution in [-0.4, -0.2) is 66.8 Å². The van der Waals surface area contributed by atoms with Crippen LogP contribution in [0.1, 0.15) is 19.8 Å². The molecule has 2 aliphatic rings. The minimum absolute atomic E-state index is 0.00236. The number of carbonyl (C=O) groups excluding carboxylic acids is 2. The molecule has 0 unspecified atom stereocenters. The summed E-state index contributed by atoms with van der Waals surface area (Å²) in [7, 11) is 1.70. The molecular formula is C19H24N4O4S. The van der Waals surface area contributed by atoms with Crippen LogP contribution in [0.5, 0.6) is 0 Å². The van der Waals surface area contributed by atoms with Crippen molar-refractivity contribution in [2.24, 2.45) is 0 Å². The lowest BCUT2D eigenvalue weighted by Gasteiger charge is -2.28. The van der Waals surface area contributed by atoms with Crippen molar-refractivity contribution in [1.82, 2.24) is 9.88 Å². The second-order valence-corrected chi connectivity index (χ2v) is 8.37. The summed E-state index contributed by atoms with van der Waals surface area (Å²) < 4.78 is 12.5. The summed E-state index contributed by atoms with van der Waals surface area (Å²) in [6.45, 7) is 3.89. The molecule has 28 heavy (non-hydrogen) atoms. The van der Waals surface area contributed by atoms with Crippen LogP contribution in [0.15, 0.2) is 18.2 Å². The molecule has 4 rings (SSSR count). The molecule has 2 N–H and O–H groups in total. The van der Waals surface area contributed by atoms with Crippen LogP contribution in [0.25, 0.3) is 10.2 Å². The highest BCUT2D eigenvalue weighted by atomic mass is 32.1. The third kappa shape index (κ3) is 3.88. The van der Waals surface area contributed by atoms with E-state index in [1.54, 1.807) is 13.2 Å². The number of hydrogen-bond acceptors (Lipinski definition) is 7. The first kappa shape index (κ1) is 19.3. The Hall–Kier alpha value is -2.07. The van der Waals surface area contributed by atoms with E-state index in [1.165, 1.54) is 18.3 Å². The fourth-order valence-corrected chi connectivity index (χ4v) is 5.00. The number of nitrogens with one attached hydrogen (secondary N) is 2. The van der Waals surface area contributed by atoms with E-state index in [2.05, 4.69) is 20.5 Å². The molecule has 3 heterocycles. The Morgan fingerprint density at radius 3 is 3.00 bits per heavy atom. The molecule has 1 aromatic heterocycles. The number of fused-ring (bicyclic) bond motifs is 1. The number of likely N-dealkylation sites (tertiary alicyclic amines) is 1. The largest absolute Gasteiger partial charge is 0.377 e. The number of benzene rings is 1. The predicted octanol–water partition coefficient (Wildman–Crippen LogP) is 2.07. The molecule has 0 bridgehead atoms. The van der Waals surface area contributed by atoms with Gasteiger partial charge in [-0.25, -0.2) is 4.98 Å². The monoisotopic (exact) mass is 404 g/mol. The first-order chi connectivity index (χ1) is 13.5. The van der Waals surface area contributed by atoms with Gasteiger partial charge in [0.15, 0.2) is 5.13 Å². The minimum Gasteiger partial charge on any atom is -0.377 e. The van der Waals surface area contributed by atoms with Gasteiger partial charge in [0, 0.05) is 39.4 Å². The van der Waals surface area contributed by atoms with Gasteiger partial charge in [-0.3, -0.25) is 14.5 Å². The van der Waals surface area contributed by atoms with Gasteiger partial charge in [-0.1, -0.05) is 11.3 Å². The van der Waals surface area contributed by atoms with Gasteiger partial charge >= 0.3 is 0 Å². The van der Waals surface area contributed by atoms with Crippen molar-refractivity contribution in [2.45, 2.75) is 31.5 Å². The average molecular weight is 404 g/mol. The van der Waals surface area contributed by atoms with Crippen molar-refractivity contribution in [3.63, 3.8) is 0 Å². The smallest absolute Gasteiger partial charge is 0.240 e. The Morgan fingerprint density at radius 2 is 2.29 bits per heavy atom. The number of amides is 2. The fraction of sp³-hybridized carbons (Fsp3) is 0.526. The third-order valence-corrected chi connectivity index (χ3v) is 6.18. The van der Waals surface area contributed by atoms with E-state index in [4.69, 9.17) is 9.47 Å². The summed E-state index contributed by atoms with van der Waals surface area (Å²) in [4.78, 5) is 30.3. The minimum atomic E-state index is -0.273. The van der Waals surface area contributed by atoms with Crippen molar-refractivity contribution in [2.75, 3.05) is 44.0 Å². The lowest BCUT2D eigenvalue weighted by molar-refractivity contribution is -0.117. The van der Waals surface area contributed by atoms with Gasteiger partial charge in [0.1, 0.15) is 5.60 Å². The zero-order valence-electron chi connectivity index (χ0n) is 16.0. The van der Waals surface area contributed by atoms with Crippen LogP contribution >= 0.6 is 11.3 Å². The molecule has 0 saturated carbocycles. The Labute approximate surface area is 167 Å². The molecule has 2 aliphatic heterocycles. The van der Waals surface area contributed by atoms with Crippen molar-refractivity contribution in [3.8, 4) is 0 Å². The lowest BCUT2D eigenvalue weighted by Crippen LogP contribution is -2.42. The second-order valence-electron chi connectivity index (χ2n) is 7.34. The molecule has 2 atom stereocenters. The maximum atomic E-state index is 12.5. The summed E-state index contributed by atoms with van der Waals surface area (Å²) in [5.74, 6) is -0.229. The quantitative estimate of drug-likeness (QED) is 0.793. The van der Waals surface area contributed by atoms with Gasteiger partial charge in [0.2, 0.25) is 11.8 Å². The molecule has 9 heteroatoms. The number of rotatable bonds is 5. The number of ether oxygens (including phenoxy) is 2.